The quantitative estimate of drug-likeness (QED) is 0.883. The Kier molecular flexibility index (Phi) is 3.61. The maximum atomic E-state index is 11.9. The molecule has 2 amide bonds. The van der Waals surface area contributed by atoms with Crippen molar-refractivity contribution in [3.05, 3.63) is 42.1 Å². The number of carbonyl (C=O) groups is 2. The lowest BCUT2D eigenvalue weighted by molar-refractivity contribution is -0.118. The van der Waals surface area contributed by atoms with Gasteiger partial charge in [-0.3, -0.25) is 9.59 Å². The number of nitrogens with two attached hydrogens (primary N) is 1. The van der Waals surface area contributed by atoms with Gasteiger partial charge in [0.2, 0.25) is 5.91 Å². The molecule has 0 spiro atoms. The van der Waals surface area contributed by atoms with Gasteiger partial charge in [-0.15, -0.1) is 0 Å². The standard InChI is InChI=1S/C13H13N3O3/c1-16(8-12(14)17)13(18)10-7-11(19-15-10)9-5-3-2-4-6-9/h2-7H,8H2,1H3,(H2,14,17). The SMILES string of the molecule is CN(CC(N)=O)C(=O)c1cc(-c2ccccc2)on1. The van der Waals surface area contributed by atoms with Crippen LogP contribution in [0.3, 0.4) is 0 Å². The minimum atomic E-state index is -0.581. The van der Waals surface area contributed by atoms with Crippen LogP contribution in [0.25, 0.3) is 11.3 Å². The molecule has 2 N–H and O–H groups in total. The highest BCUT2D eigenvalue weighted by Gasteiger charge is 2.18. The first kappa shape index (κ1) is 12.8. The van der Waals surface area contributed by atoms with Crippen molar-refractivity contribution in [3.8, 4) is 11.3 Å². The maximum Gasteiger partial charge on any atom is 0.276 e. The molecule has 19 heavy (non-hydrogen) atoms. The fraction of sp³-hybridized carbons (Fsp3) is 0.154. The summed E-state index contributed by atoms with van der Waals surface area (Å²) in [5, 5.41) is 3.70. The van der Waals surface area contributed by atoms with Crippen LogP contribution in [0.2, 0.25) is 0 Å². The number of nitrogens with zero attached hydrogens (tertiary/aromatic N) is 2. The molecule has 0 saturated heterocycles. The number of primary amides is 1. The number of hydrogen-bond donors (Lipinski definition) is 1. The highest BCUT2D eigenvalue weighted by Crippen LogP contribution is 2.20. The first-order chi connectivity index (χ1) is 9.08. The topological polar surface area (TPSA) is 89.4 Å². The van der Waals surface area contributed by atoms with Gasteiger partial charge in [-0.05, 0) is 0 Å². The second-order valence-electron chi connectivity index (χ2n) is 4.07. The summed E-state index contributed by atoms with van der Waals surface area (Å²) in [5.74, 6) is -0.496. The summed E-state index contributed by atoms with van der Waals surface area (Å²) < 4.78 is 5.11. The molecule has 1 heterocycles. The van der Waals surface area contributed by atoms with E-state index < -0.39 is 11.8 Å². The number of carbonyl (C=O) groups excluding carboxylic acids is 2. The van der Waals surface area contributed by atoms with Crippen LogP contribution in [-0.2, 0) is 4.79 Å². The average molecular weight is 259 g/mol. The summed E-state index contributed by atoms with van der Waals surface area (Å²) in [7, 11) is 1.48. The molecule has 98 valence electrons. The summed E-state index contributed by atoms with van der Waals surface area (Å²) in [4.78, 5) is 23.9. The lowest BCUT2D eigenvalue weighted by atomic mass is 10.1. The second-order valence-corrected chi connectivity index (χ2v) is 4.07. The Hall–Kier alpha value is -2.63. The lowest BCUT2D eigenvalue weighted by Crippen LogP contribution is -2.35. The molecule has 6 nitrogen and oxygen atoms in total. The number of benzene rings is 1. The molecule has 0 atom stereocenters. The maximum absolute atomic E-state index is 11.9. The Morgan fingerprint density at radius 1 is 1.32 bits per heavy atom. The van der Waals surface area contributed by atoms with E-state index in [0.717, 1.165) is 5.56 Å². The number of amides is 2. The summed E-state index contributed by atoms with van der Waals surface area (Å²) >= 11 is 0. The van der Waals surface area contributed by atoms with E-state index in [1.54, 1.807) is 0 Å². The van der Waals surface area contributed by atoms with Crippen LogP contribution in [0.1, 0.15) is 10.5 Å². The van der Waals surface area contributed by atoms with Gasteiger partial charge in [-0.2, -0.15) is 0 Å². The zero-order valence-electron chi connectivity index (χ0n) is 10.4. The fourth-order valence-electron chi connectivity index (χ4n) is 1.62. The summed E-state index contributed by atoms with van der Waals surface area (Å²) in [6.45, 7) is -0.160. The third-order valence-corrected chi connectivity index (χ3v) is 2.53. The number of likely N-dealkylation sites (N-methyl/N-ethyl adjacent to an activating group) is 1. The van der Waals surface area contributed by atoms with Gasteiger partial charge < -0.3 is 15.2 Å². The Labute approximate surface area is 109 Å². The van der Waals surface area contributed by atoms with Crippen LogP contribution < -0.4 is 5.73 Å². The number of rotatable bonds is 4. The zero-order valence-corrected chi connectivity index (χ0v) is 10.4. The van der Waals surface area contributed by atoms with Crippen molar-refractivity contribution in [3.63, 3.8) is 0 Å². The molecule has 2 rings (SSSR count). The molecule has 6 heteroatoms. The summed E-state index contributed by atoms with van der Waals surface area (Å²) in [6.07, 6.45) is 0. The minimum Gasteiger partial charge on any atom is -0.368 e. The van der Waals surface area contributed by atoms with Crippen molar-refractivity contribution in [1.82, 2.24) is 10.1 Å². The first-order valence-corrected chi connectivity index (χ1v) is 5.64. The van der Waals surface area contributed by atoms with E-state index in [-0.39, 0.29) is 12.2 Å². The van der Waals surface area contributed by atoms with Crippen molar-refractivity contribution in [1.29, 1.82) is 0 Å². The van der Waals surface area contributed by atoms with Crippen molar-refractivity contribution >= 4 is 11.8 Å². The smallest absolute Gasteiger partial charge is 0.276 e. The monoisotopic (exact) mass is 259 g/mol. The third-order valence-electron chi connectivity index (χ3n) is 2.53. The third kappa shape index (κ3) is 2.98. The predicted molar refractivity (Wildman–Crippen MR) is 68.1 cm³/mol. The van der Waals surface area contributed by atoms with E-state index >= 15 is 0 Å². The molecule has 0 unspecified atom stereocenters. The van der Waals surface area contributed by atoms with Crippen LogP contribution in [0, 0.1) is 0 Å². The molecule has 0 bridgehead atoms. The summed E-state index contributed by atoms with van der Waals surface area (Å²) in [6, 6.07) is 10.8. The van der Waals surface area contributed by atoms with Crippen LogP contribution >= 0.6 is 0 Å². The largest absolute Gasteiger partial charge is 0.368 e. The van der Waals surface area contributed by atoms with Gasteiger partial charge in [0, 0.05) is 18.7 Å². The average Bonchev–Trinajstić information content (AvgIpc) is 2.87. The Morgan fingerprint density at radius 2 is 2.00 bits per heavy atom. The van der Waals surface area contributed by atoms with Crippen LogP contribution in [0.5, 0.6) is 0 Å². The van der Waals surface area contributed by atoms with Gasteiger partial charge >= 0.3 is 0 Å². The Bertz CT molecular complexity index is 592. The van der Waals surface area contributed by atoms with Gasteiger partial charge in [-0.1, -0.05) is 35.5 Å². The number of aromatic nitrogens is 1. The van der Waals surface area contributed by atoms with Gasteiger partial charge in [-0.25, -0.2) is 0 Å². The van der Waals surface area contributed by atoms with E-state index in [9.17, 15) is 9.59 Å². The Morgan fingerprint density at radius 3 is 2.63 bits per heavy atom. The minimum absolute atomic E-state index is 0.141. The lowest BCUT2D eigenvalue weighted by Gasteiger charge is -2.12. The Balaban J connectivity index is 2.17. The summed E-state index contributed by atoms with van der Waals surface area (Å²) in [5.41, 5.74) is 6.00. The molecule has 0 fully saturated rings. The molecular weight excluding hydrogens is 246 g/mol. The highest BCUT2D eigenvalue weighted by atomic mass is 16.5. The van der Waals surface area contributed by atoms with E-state index in [0.29, 0.717) is 5.76 Å². The molecule has 0 saturated carbocycles. The van der Waals surface area contributed by atoms with Gasteiger partial charge in [0.25, 0.3) is 5.91 Å². The predicted octanol–water partition coefficient (Wildman–Crippen LogP) is 0.899. The zero-order chi connectivity index (χ0) is 13.8. The molecule has 1 aromatic carbocycles. The molecule has 0 aliphatic rings. The van der Waals surface area contributed by atoms with Crippen LogP contribution in [-0.4, -0.2) is 35.5 Å². The molecular formula is C13H13N3O3. The van der Waals surface area contributed by atoms with Gasteiger partial charge in [0.15, 0.2) is 11.5 Å². The van der Waals surface area contributed by atoms with Gasteiger partial charge in [0.1, 0.15) is 0 Å². The van der Waals surface area contributed by atoms with Crippen molar-refractivity contribution in [2.24, 2.45) is 5.73 Å². The van der Waals surface area contributed by atoms with E-state index in [1.807, 2.05) is 30.3 Å². The first-order valence-electron chi connectivity index (χ1n) is 5.64. The van der Waals surface area contributed by atoms with E-state index in [4.69, 9.17) is 10.3 Å². The molecule has 0 radical (unpaired) electrons. The molecule has 0 aliphatic carbocycles. The van der Waals surface area contributed by atoms with Gasteiger partial charge in [0.05, 0.1) is 6.54 Å². The number of hydrogen-bond acceptors (Lipinski definition) is 4. The van der Waals surface area contributed by atoms with Crippen LogP contribution in [0.4, 0.5) is 0 Å². The van der Waals surface area contributed by atoms with Crippen LogP contribution in [0.15, 0.2) is 40.9 Å². The highest BCUT2D eigenvalue weighted by molar-refractivity contribution is 5.95. The second kappa shape index (κ2) is 5.34. The fourth-order valence-corrected chi connectivity index (χ4v) is 1.62. The van der Waals surface area contributed by atoms with E-state index in [1.165, 1.54) is 18.0 Å². The van der Waals surface area contributed by atoms with Crippen molar-refractivity contribution < 1.29 is 14.1 Å². The molecule has 1 aromatic heterocycles. The van der Waals surface area contributed by atoms with E-state index in [2.05, 4.69) is 5.16 Å². The van der Waals surface area contributed by atoms with Crippen molar-refractivity contribution in [2.75, 3.05) is 13.6 Å². The normalized spacial score (nSPS) is 10.2. The molecule has 0 aliphatic heterocycles. The van der Waals surface area contributed by atoms with Crippen molar-refractivity contribution in [2.45, 2.75) is 0 Å². The molecule has 2 aromatic rings.